The standard InChI is InChI=1S/C36H51N5O4S/c1-9-15-41(36(6,7)8)33(42)29-23-30(35(3,4)5)46-32(29)39-34(43)38-27-13-11-25(2)28(22-27)26-12-14-31(37-24-26)45-19-10-16-40-17-20-44-21-18-40/h11-14,22-24H,9-10,15-21H2,1-8H3,(H2,38,39,43). The van der Waals surface area contributed by atoms with Crippen LogP contribution in [-0.4, -0.2) is 78.3 Å². The molecule has 0 atom stereocenters. The van der Waals surface area contributed by atoms with Gasteiger partial charge in [0.2, 0.25) is 5.88 Å². The molecule has 0 spiro atoms. The van der Waals surface area contributed by atoms with Crippen LogP contribution in [0.3, 0.4) is 0 Å². The van der Waals surface area contributed by atoms with Gasteiger partial charge in [0.15, 0.2) is 0 Å². The Morgan fingerprint density at radius 2 is 1.78 bits per heavy atom. The quantitative estimate of drug-likeness (QED) is 0.206. The molecule has 3 heterocycles. The van der Waals surface area contributed by atoms with Gasteiger partial charge >= 0.3 is 6.03 Å². The molecule has 1 saturated heterocycles. The zero-order valence-electron chi connectivity index (χ0n) is 28.8. The number of nitrogens with one attached hydrogen (secondary N) is 2. The molecular formula is C36H51N5O4S. The van der Waals surface area contributed by atoms with Crippen molar-refractivity contribution in [1.29, 1.82) is 0 Å². The first kappa shape index (κ1) is 35.4. The average Bonchev–Trinajstić information content (AvgIpc) is 3.43. The number of benzene rings is 1. The van der Waals surface area contributed by atoms with Gasteiger partial charge in [-0.15, -0.1) is 11.3 Å². The number of hydrogen-bond donors (Lipinski definition) is 2. The van der Waals surface area contributed by atoms with Crippen LogP contribution in [0, 0.1) is 6.92 Å². The number of anilines is 2. The highest BCUT2D eigenvalue weighted by atomic mass is 32.1. The van der Waals surface area contributed by atoms with Crippen molar-refractivity contribution in [2.24, 2.45) is 0 Å². The highest BCUT2D eigenvalue weighted by Crippen LogP contribution is 2.38. The van der Waals surface area contributed by atoms with Gasteiger partial charge < -0.3 is 19.7 Å². The predicted molar refractivity (Wildman–Crippen MR) is 189 cm³/mol. The second-order valence-corrected chi connectivity index (χ2v) is 14.9. The first-order valence-corrected chi connectivity index (χ1v) is 17.1. The van der Waals surface area contributed by atoms with Crippen molar-refractivity contribution in [3.63, 3.8) is 0 Å². The van der Waals surface area contributed by atoms with Crippen molar-refractivity contribution < 1.29 is 19.1 Å². The van der Waals surface area contributed by atoms with E-state index < -0.39 is 6.03 Å². The molecule has 1 aromatic carbocycles. The third-order valence-electron chi connectivity index (χ3n) is 7.95. The molecule has 0 aliphatic carbocycles. The van der Waals surface area contributed by atoms with Crippen LogP contribution < -0.4 is 15.4 Å². The van der Waals surface area contributed by atoms with E-state index in [4.69, 9.17) is 9.47 Å². The number of ether oxygens (including phenoxy) is 2. The first-order valence-electron chi connectivity index (χ1n) is 16.3. The number of hydrogen-bond acceptors (Lipinski definition) is 7. The van der Waals surface area contributed by atoms with Gasteiger partial charge in [0, 0.05) is 60.1 Å². The molecule has 1 aliphatic rings. The van der Waals surface area contributed by atoms with Gasteiger partial charge in [-0.3, -0.25) is 15.0 Å². The Morgan fingerprint density at radius 3 is 2.41 bits per heavy atom. The lowest BCUT2D eigenvalue weighted by molar-refractivity contribution is 0.0357. The highest BCUT2D eigenvalue weighted by Gasteiger charge is 2.31. The summed E-state index contributed by atoms with van der Waals surface area (Å²) in [6, 6.07) is 11.2. The monoisotopic (exact) mass is 649 g/mol. The molecule has 0 radical (unpaired) electrons. The minimum atomic E-state index is -0.400. The van der Waals surface area contributed by atoms with Gasteiger partial charge in [-0.25, -0.2) is 9.78 Å². The molecule has 46 heavy (non-hydrogen) atoms. The Kier molecular flexibility index (Phi) is 11.9. The molecule has 3 aromatic rings. The average molecular weight is 650 g/mol. The van der Waals surface area contributed by atoms with Gasteiger partial charge in [0.1, 0.15) is 5.00 Å². The Labute approximate surface area is 278 Å². The maximum Gasteiger partial charge on any atom is 0.324 e. The van der Waals surface area contributed by atoms with E-state index >= 15 is 0 Å². The molecular weight excluding hydrogens is 598 g/mol. The van der Waals surface area contributed by atoms with Crippen LogP contribution in [0.2, 0.25) is 0 Å². The smallest absolute Gasteiger partial charge is 0.324 e. The molecule has 1 fully saturated rings. The molecule has 250 valence electrons. The van der Waals surface area contributed by atoms with Gasteiger partial charge in [-0.1, -0.05) is 33.8 Å². The summed E-state index contributed by atoms with van der Waals surface area (Å²) in [5.41, 5.74) is 3.60. The number of thiophene rings is 1. The highest BCUT2D eigenvalue weighted by molar-refractivity contribution is 7.16. The SMILES string of the molecule is CCCN(C(=O)c1cc(C(C)(C)C)sc1NC(=O)Nc1ccc(C)c(-c2ccc(OCCCN3CCOCC3)nc2)c1)C(C)(C)C. The minimum absolute atomic E-state index is 0.0777. The van der Waals surface area contributed by atoms with E-state index in [-0.39, 0.29) is 16.9 Å². The summed E-state index contributed by atoms with van der Waals surface area (Å²) in [6.07, 6.45) is 3.59. The van der Waals surface area contributed by atoms with E-state index in [1.165, 1.54) is 11.3 Å². The third kappa shape index (κ3) is 9.53. The lowest BCUT2D eigenvalue weighted by atomic mass is 9.94. The summed E-state index contributed by atoms with van der Waals surface area (Å²) < 4.78 is 11.3. The lowest BCUT2D eigenvalue weighted by Gasteiger charge is -2.35. The summed E-state index contributed by atoms with van der Waals surface area (Å²) in [5, 5.41) is 6.52. The number of carbonyl (C=O) groups is 2. The number of amides is 3. The van der Waals surface area contributed by atoms with Crippen LogP contribution in [0.25, 0.3) is 11.1 Å². The van der Waals surface area contributed by atoms with Crippen LogP contribution in [0.1, 0.15) is 82.1 Å². The van der Waals surface area contributed by atoms with Crippen LogP contribution in [-0.2, 0) is 10.2 Å². The fraction of sp³-hybridized carbons (Fsp3) is 0.528. The molecule has 9 nitrogen and oxygen atoms in total. The molecule has 3 amide bonds. The first-order chi connectivity index (χ1) is 21.8. The molecule has 10 heteroatoms. The predicted octanol–water partition coefficient (Wildman–Crippen LogP) is 7.81. The van der Waals surface area contributed by atoms with Crippen LogP contribution in [0.5, 0.6) is 5.88 Å². The maximum atomic E-state index is 13.8. The number of pyridine rings is 1. The van der Waals surface area contributed by atoms with Crippen molar-refractivity contribution in [2.45, 2.75) is 79.2 Å². The van der Waals surface area contributed by atoms with Crippen molar-refractivity contribution in [1.82, 2.24) is 14.8 Å². The number of carbonyl (C=O) groups excluding carboxylic acids is 2. The summed E-state index contributed by atoms with van der Waals surface area (Å²) in [6.45, 7) is 22.3. The molecule has 2 N–H and O–H groups in total. The van der Waals surface area contributed by atoms with Crippen LogP contribution in [0.4, 0.5) is 15.5 Å². The lowest BCUT2D eigenvalue weighted by Crippen LogP contribution is -2.46. The normalized spacial score (nSPS) is 14.2. The van der Waals surface area contributed by atoms with Crippen molar-refractivity contribution in [2.75, 3.05) is 56.6 Å². The number of aryl methyl sites for hydroxylation is 1. The Hall–Kier alpha value is -3.47. The maximum absolute atomic E-state index is 13.8. The second-order valence-electron chi connectivity index (χ2n) is 13.9. The largest absolute Gasteiger partial charge is 0.478 e. The molecule has 0 saturated carbocycles. The zero-order chi connectivity index (χ0) is 33.5. The molecule has 1 aliphatic heterocycles. The number of nitrogens with zero attached hydrogens (tertiary/aromatic N) is 3. The van der Waals surface area contributed by atoms with Crippen molar-refractivity contribution in [3.8, 4) is 17.0 Å². The van der Waals surface area contributed by atoms with E-state index in [1.807, 2.05) is 69.0 Å². The zero-order valence-corrected chi connectivity index (χ0v) is 29.6. The number of urea groups is 1. The van der Waals surface area contributed by atoms with Crippen molar-refractivity contribution >= 4 is 34.0 Å². The van der Waals surface area contributed by atoms with Gasteiger partial charge in [0.05, 0.1) is 25.4 Å². The molecule has 0 unspecified atom stereocenters. The summed E-state index contributed by atoms with van der Waals surface area (Å²) in [5.74, 6) is 0.517. The Bertz CT molecular complexity index is 1470. The van der Waals surface area contributed by atoms with Gasteiger partial charge in [0.25, 0.3) is 5.91 Å². The Balaban J connectivity index is 1.43. The minimum Gasteiger partial charge on any atom is -0.478 e. The topological polar surface area (TPSA) is 96.0 Å². The third-order valence-corrected chi connectivity index (χ3v) is 9.42. The van der Waals surface area contributed by atoms with Gasteiger partial charge in [-0.2, -0.15) is 0 Å². The van der Waals surface area contributed by atoms with Crippen LogP contribution >= 0.6 is 11.3 Å². The number of morpholine rings is 1. The van der Waals surface area contributed by atoms with Gasteiger partial charge in [-0.05, 0) is 81.3 Å². The fourth-order valence-corrected chi connectivity index (χ4v) is 6.42. The summed E-state index contributed by atoms with van der Waals surface area (Å²) in [4.78, 5) is 37.0. The Morgan fingerprint density at radius 1 is 1.04 bits per heavy atom. The van der Waals surface area contributed by atoms with E-state index in [2.05, 4.69) is 48.2 Å². The molecule has 2 aromatic heterocycles. The summed E-state index contributed by atoms with van der Waals surface area (Å²) >= 11 is 1.45. The van der Waals surface area contributed by atoms with E-state index in [1.54, 1.807) is 6.20 Å². The van der Waals surface area contributed by atoms with Crippen LogP contribution in [0.15, 0.2) is 42.6 Å². The molecule has 0 bridgehead atoms. The number of aromatic nitrogens is 1. The van der Waals surface area contributed by atoms with E-state index in [0.29, 0.717) is 35.3 Å². The van der Waals surface area contributed by atoms with E-state index in [0.717, 1.165) is 67.3 Å². The van der Waals surface area contributed by atoms with Crippen molar-refractivity contribution in [3.05, 3.63) is 58.6 Å². The van der Waals surface area contributed by atoms with E-state index in [9.17, 15) is 9.59 Å². The molecule has 4 rings (SSSR count). The summed E-state index contributed by atoms with van der Waals surface area (Å²) in [7, 11) is 0. The fourth-order valence-electron chi connectivity index (χ4n) is 5.31. The second kappa shape index (κ2) is 15.4. The number of rotatable bonds is 11.